The molecule has 84 valence electrons. The van der Waals surface area contributed by atoms with Crippen molar-refractivity contribution >= 4 is 16.7 Å². The van der Waals surface area contributed by atoms with Crippen LogP contribution in [0.1, 0.15) is 6.92 Å². The van der Waals surface area contributed by atoms with Gasteiger partial charge in [-0.3, -0.25) is 0 Å². The maximum absolute atomic E-state index is 4.25. The van der Waals surface area contributed by atoms with E-state index in [1.165, 1.54) is 0 Å². The predicted molar refractivity (Wildman–Crippen MR) is 66.6 cm³/mol. The average Bonchev–Trinajstić information content (AvgIpc) is 2.35. The Hall–Kier alpha value is -1.68. The zero-order chi connectivity index (χ0) is 11.2. The molecule has 2 rings (SSSR count). The first-order valence-corrected chi connectivity index (χ1v) is 5.56. The minimum atomic E-state index is 0.870. The van der Waals surface area contributed by atoms with Gasteiger partial charge in [-0.1, -0.05) is 19.1 Å². The van der Waals surface area contributed by atoms with Gasteiger partial charge in [0.2, 0.25) is 0 Å². The van der Waals surface area contributed by atoms with Crippen LogP contribution in [0.15, 0.2) is 30.6 Å². The summed E-state index contributed by atoms with van der Waals surface area (Å²) in [5.74, 6) is 0.906. The molecular weight excluding hydrogens is 200 g/mol. The van der Waals surface area contributed by atoms with Crippen molar-refractivity contribution in [1.82, 2.24) is 15.3 Å². The van der Waals surface area contributed by atoms with Crippen LogP contribution < -0.4 is 10.6 Å². The highest BCUT2D eigenvalue weighted by molar-refractivity contribution is 5.88. The van der Waals surface area contributed by atoms with Crippen LogP contribution in [0.25, 0.3) is 10.9 Å². The van der Waals surface area contributed by atoms with Gasteiger partial charge in [0.1, 0.15) is 12.1 Å². The number of aromatic nitrogens is 2. The molecule has 4 nitrogen and oxygen atoms in total. The second kappa shape index (κ2) is 5.42. The van der Waals surface area contributed by atoms with E-state index in [0.717, 1.165) is 36.4 Å². The smallest absolute Gasteiger partial charge is 0.137 e. The molecule has 2 N–H and O–H groups in total. The minimum Gasteiger partial charge on any atom is -0.368 e. The fourth-order valence-electron chi connectivity index (χ4n) is 1.59. The topological polar surface area (TPSA) is 49.8 Å². The molecule has 0 aliphatic rings. The number of nitrogens with one attached hydrogen (secondary N) is 2. The number of para-hydroxylation sites is 1. The molecule has 2 aromatic rings. The van der Waals surface area contributed by atoms with Crippen LogP contribution in [0.4, 0.5) is 5.82 Å². The molecule has 0 saturated carbocycles. The highest BCUT2D eigenvalue weighted by Gasteiger charge is 2.00. The molecular formula is C12H16N4. The molecule has 0 amide bonds. The lowest BCUT2D eigenvalue weighted by Gasteiger charge is -2.07. The van der Waals surface area contributed by atoms with Gasteiger partial charge in [-0.05, 0) is 18.7 Å². The summed E-state index contributed by atoms with van der Waals surface area (Å²) < 4.78 is 0. The number of likely N-dealkylation sites (N-methyl/N-ethyl adjacent to an activating group) is 1. The van der Waals surface area contributed by atoms with Crippen molar-refractivity contribution in [2.45, 2.75) is 6.92 Å². The van der Waals surface area contributed by atoms with E-state index in [-0.39, 0.29) is 0 Å². The molecule has 0 bridgehead atoms. The molecule has 4 heteroatoms. The Bertz CT molecular complexity index is 450. The van der Waals surface area contributed by atoms with Crippen LogP contribution in [-0.4, -0.2) is 29.6 Å². The van der Waals surface area contributed by atoms with Gasteiger partial charge in [0.25, 0.3) is 0 Å². The van der Waals surface area contributed by atoms with Crippen LogP contribution >= 0.6 is 0 Å². The quantitative estimate of drug-likeness (QED) is 0.746. The zero-order valence-corrected chi connectivity index (χ0v) is 9.40. The van der Waals surface area contributed by atoms with Crippen LogP contribution in [0.2, 0.25) is 0 Å². The standard InChI is InChI=1S/C12H16N4/c1-2-13-7-8-14-12-10-5-3-4-6-11(10)15-9-16-12/h3-6,9,13H,2,7-8H2,1H3,(H,14,15,16). The highest BCUT2D eigenvalue weighted by Crippen LogP contribution is 2.17. The molecule has 0 spiro atoms. The second-order valence-corrected chi connectivity index (χ2v) is 3.52. The summed E-state index contributed by atoms with van der Waals surface area (Å²) in [6.07, 6.45) is 1.60. The first kappa shape index (κ1) is 10.8. The Morgan fingerprint density at radius 2 is 2.00 bits per heavy atom. The Morgan fingerprint density at radius 1 is 1.12 bits per heavy atom. The number of hydrogen-bond acceptors (Lipinski definition) is 4. The van der Waals surface area contributed by atoms with E-state index in [4.69, 9.17) is 0 Å². The van der Waals surface area contributed by atoms with E-state index in [0.29, 0.717) is 0 Å². The molecule has 0 atom stereocenters. The SMILES string of the molecule is CCNCCNc1ncnc2ccccc12. The van der Waals surface area contributed by atoms with Crippen molar-refractivity contribution in [2.24, 2.45) is 0 Å². The molecule has 0 saturated heterocycles. The summed E-state index contributed by atoms with van der Waals surface area (Å²) >= 11 is 0. The van der Waals surface area contributed by atoms with Crippen LogP contribution in [0, 0.1) is 0 Å². The maximum Gasteiger partial charge on any atom is 0.137 e. The van der Waals surface area contributed by atoms with Gasteiger partial charge < -0.3 is 10.6 Å². The van der Waals surface area contributed by atoms with Gasteiger partial charge >= 0.3 is 0 Å². The summed E-state index contributed by atoms with van der Waals surface area (Å²) in [5.41, 5.74) is 0.975. The van der Waals surface area contributed by atoms with E-state index in [2.05, 4.69) is 27.5 Å². The lowest BCUT2D eigenvalue weighted by atomic mass is 10.2. The van der Waals surface area contributed by atoms with Crippen molar-refractivity contribution in [3.8, 4) is 0 Å². The van der Waals surface area contributed by atoms with Crippen molar-refractivity contribution in [2.75, 3.05) is 25.0 Å². The van der Waals surface area contributed by atoms with Crippen molar-refractivity contribution in [3.05, 3.63) is 30.6 Å². The summed E-state index contributed by atoms with van der Waals surface area (Å²) in [7, 11) is 0. The Kier molecular flexibility index (Phi) is 3.66. The fraction of sp³-hybridized carbons (Fsp3) is 0.333. The number of nitrogens with zero attached hydrogens (tertiary/aromatic N) is 2. The normalized spacial score (nSPS) is 10.6. The Labute approximate surface area is 95.1 Å². The van der Waals surface area contributed by atoms with E-state index < -0.39 is 0 Å². The van der Waals surface area contributed by atoms with Crippen LogP contribution in [0.3, 0.4) is 0 Å². The number of anilines is 1. The summed E-state index contributed by atoms with van der Waals surface area (Å²) in [5, 5.41) is 7.64. The molecule has 1 aromatic heterocycles. The first-order valence-electron chi connectivity index (χ1n) is 5.56. The molecule has 1 aromatic carbocycles. The van der Waals surface area contributed by atoms with Crippen molar-refractivity contribution in [1.29, 1.82) is 0 Å². The van der Waals surface area contributed by atoms with Crippen LogP contribution in [-0.2, 0) is 0 Å². The third kappa shape index (κ3) is 2.46. The van der Waals surface area contributed by atoms with Gasteiger partial charge in [-0.25, -0.2) is 9.97 Å². The molecule has 1 heterocycles. The van der Waals surface area contributed by atoms with Crippen LogP contribution in [0.5, 0.6) is 0 Å². The molecule has 0 fully saturated rings. The van der Waals surface area contributed by atoms with E-state index in [1.54, 1.807) is 6.33 Å². The van der Waals surface area contributed by atoms with Gasteiger partial charge in [-0.15, -0.1) is 0 Å². The Balaban J connectivity index is 2.11. The molecule has 16 heavy (non-hydrogen) atoms. The molecule has 0 aliphatic carbocycles. The minimum absolute atomic E-state index is 0.870. The number of fused-ring (bicyclic) bond motifs is 1. The average molecular weight is 216 g/mol. The number of hydrogen-bond donors (Lipinski definition) is 2. The van der Waals surface area contributed by atoms with Gasteiger partial charge in [0.15, 0.2) is 0 Å². The summed E-state index contributed by atoms with van der Waals surface area (Å²) in [6.45, 7) is 4.90. The summed E-state index contributed by atoms with van der Waals surface area (Å²) in [6, 6.07) is 8.01. The van der Waals surface area contributed by atoms with Crippen molar-refractivity contribution < 1.29 is 0 Å². The van der Waals surface area contributed by atoms with E-state index in [9.17, 15) is 0 Å². The fourth-order valence-corrected chi connectivity index (χ4v) is 1.59. The van der Waals surface area contributed by atoms with Gasteiger partial charge in [0, 0.05) is 18.5 Å². The first-order chi connectivity index (χ1) is 7.92. The second-order valence-electron chi connectivity index (χ2n) is 3.52. The number of rotatable bonds is 5. The largest absolute Gasteiger partial charge is 0.368 e. The summed E-state index contributed by atoms with van der Waals surface area (Å²) in [4.78, 5) is 8.47. The maximum atomic E-state index is 4.25. The van der Waals surface area contributed by atoms with E-state index >= 15 is 0 Å². The third-order valence-electron chi connectivity index (χ3n) is 2.39. The van der Waals surface area contributed by atoms with E-state index in [1.807, 2.05) is 24.3 Å². The molecule has 0 radical (unpaired) electrons. The monoisotopic (exact) mass is 216 g/mol. The predicted octanol–water partition coefficient (Wildman–Crippen LogP) is 1.65. The van der Waals surface area contributed by atoms with Crippen molar-refractivity contribution in [3.63, 3.8) is 0 Å². The lowest BCUT2D eigenvalue weighted by Crippen LogP contribution is -2.22. The van der Waals surface area contributed by atoms with Gasteiger partial charge in [-0.2, -0.15) is 0 Å². The Morgan fingerprint density at radius 3 is 2.88 bits per heavy atom. The molecule has 0 unspecified atom stereocenters. The lowest BCUT2D eigenvalue weighted by molar-refractivity contribution is 0.738. The number of benzene rings is 1. The third-order valence-corrected chi connectivity index (χ3v) is 2.39. The molecule has 0 aliphatic heterocycles. The van der Waals surface area contributed by atoms with Gasteiger partial charge in [0.05, 0.1) is 5.52 Å². The zero-order valence-electron chi connectivity index (χ0n) is 9.40. The highest BCUT2D eigenvalue weighted by atomic mass is 15.0.